The van der Waals surface area contributed by atoms with Gasteiger partial charge in [0.2, 0.25) is 0 Å². The lowest BCUT2D eigenvalue weighted by molar-refractivity contribution is -0.137. The summed E-state index contributed by atoms with van der Waals surface area (Å²) in [4.78, 5) is 0. The lowest BCUT2D eigenvalue weighted by Gasteiger charge is -2.12. The van der Waals surface area contributed by atoms with Gasteiger partial charge < -0.3 is 10.2 Å². The number of hydrogen-bond donors (Lipinski definition) is 1. The van der Waals surface area contributed by atoms with Crippen LogP contribution in [0.5, 0.6) is 0 Å². The zero-order valence-corrected chi connectivity index (χ0v) is 10.4. The summed E-state index contributed by atoms with van der Waals surface area (Å²) in [6, 6.07) is 6.56. The SMILES string of the molecule is Cc1occc1C(N)Cc1ccc(C(F)(F)F)cc1. The highest BCUT2D eigenvalue weighted by molar-refractivity contribution is 5.28. The Kier molecular flexibility index (Phi) is 3.66. The van der Waals surface area contributed by atoms with E-state index < -0.39 is 11.7 Å². The van der Waals surface area contributed by atoms with Gasteiger partial charge in [-0.25, -0.2) is 0 Å². The van der Waals surface area contributed by atoms with Crippen molar-refractivity contribution in [2.24, 2.45) is 5.73 Å². The molecule has 102 valence electrons. The van der Waals surface area contributed by atoms with Gasteiger partial charge in [0, 0.05) is 11.6 Å². The minimum atomic E-state index is -4.30. The van der Waals surface area contributed by atoms with Gasteiger partial charge in [0.25, 0.3) is 0 Å². The average molecular weight is 269 g/mol. The topological polar surface area (TPSA) is 39.2 Å². The normalized spacial score (nSPS) is 13.5. The highest BCUT2D eigenvalue weighted by atomic mass is 19.4. The molecule has 0 amide bonds. The molecule has 19 heavy (non-hydrogen) atoms. The Morgan fingerprint density at radius 2 is 1.79 bits per heavy atom. The van der Waals surface area contributed by atoms with E-state index >= 15 is 0 Å². The van der Waals surface area contributed by atoms with Crippen LogP contribution < -0.4 is 5.73 Å². The van der Waals surface area contributed by atoms with Crippen molar-refractivity contribution in [2.45, 2.75) is 25.6 Å². The Bertz CT molecular complexity index is 543. The van der Waals surface area contributed by atoms with Gasteiger partial charge in [-0.15, -0.1) is 0 Å². The van der Waals surface area contributed by atoms with E-state index in [0.29, 0.717) is 6.42 Å². The first-order valence-electron chi connectivity index (χ1n) is 5.83. The summed E-state index contributed by atoms with van der Waals surface area (Å²) in [6.45, 7) is 1.81. The Morgan fingerprint density at radius 3 is 2.26 bits per heavy atom. The second kappa shape index (κ2) is 5.09. The molecule has 0 spiro atoms. The second-order valence-electron chi connectivity index (χ2n) is 4.44. The molecule has 0 saturated heterocycles. The van der Waals surface area contributed by atoms with Crippen molar-refractivity contribution < 1.29 is 17.6 Å². The second-order valence-corrected chi connectivity index (χ2v) is 4.44. The maximum Gasteiger partial charge on any atom is 0.416 e. The minimum Gasteiger partial charge on any atom is -0.469 e. The molecule has 1 atom stereocenters. The van der Waals surface area contributed by atoms with Crippen LogP contribution in [0.3, 0.4) is 0 Å². The first kappa shape index (κ1) is 13.7. The van der Waals surface area contributed by atoms with Crippen molar-refractivity contribution in [2.75, 3.05) is 0 Å². The summed E-state index contributed by atoms with van der Waals surface area (Å²) in [6.07, 6.45) is -2.28. The van der Waals surface area contributed by atoms with Crippen molar-refractivity contribution in [1.82, 2.24) is 0 Å². The van der Waals surface area contributed by atoms with Crippen LogP contribution in [0.2, 0.25) is 0 Å². The third-order valence-electron chi connectivity index (χ3n) is 3.04. The fourth-order valence-corrected chi connectivity index (χ4v) is 1.97. The standard InChI is InChI=1S/C14H14F3NO/c1-9-12(6-7-19-9)13(18)8-10-2-4-11(5-3-10)14(15,16)17/h2-7,13H,8,18H2,1H3. The number of alkyl halides is 3. The molecular weight excluding hydrogens is 255 g/mol. The van der Waals surface area contributed by atoms with Crippen LogP contribution >= 0.6 is 0 Å². The van der Waals surface area contributed by atoms with Crippen LogP contribution in [0, 0.1) is 6.92 Å². The Labute approximate surface area is 109 Å². The first-order chi connectivity index (χ1) is 8.88. The van der Waals surface area contributed by atoms with Crippen LogP contribution in [-0.2, 0) is 12.6 Å². The fraction of sp³-hybridized carbons (Fsp3) is 0.286. The Balaban J connectivity index is 2.10. The van der Waals surface area contributed by atoms with E-state index in [1.54, 1.807) is 12.3 Å². The summed E-state index contributed by atoms with van der Waals surface area (Å²) < 4.78 is 42.4. The molecule has 1 aromatic heterocycles. The molecule has 1 heterocycles. The van der Waals surface area contributed by atoms with Crippen molar-refractivity contribution in [3.63, 3.8) is 0 Å². The first-order valence-corrected chi connectivity index (χ1v) is 5.83. The summed E-state index contributed by atoms with van der Waals surface area (Å²) >= 11 is 0. The number of benzene rings is 1. The van der Waals surface area contributed by atoms with Gasteiger partial charge >= 0.3 is 6.18 Å². The molecule has 0 radical (unpaired) electrons. The molecule has 2 aromatic rings. The molecule has 2 N–H and O–H groups in total. The van der Waals surface area contributed by atoms with Crippen LogP contribution in [0.1, 0.15) is 28.5 Å². The summed E-state index contributed by atoms with van der Waals surface area (Å²) in [5, 5.41) is 0. The number of nitrogens with two attached hydrogens (primary N) is 1. The zero-order valence-electron chi connectivity index (χ0n) is 10.4. The molecule has 0 aliphatic rings. The van der Waals surface area contributed by atoms with Crippen LogP contribution in [-0.4, -0.2) is 0 Å². The van der Waals surface area contributed by atoms with Gasteiger partial charge in [-0.05, 0) is 37.1 Å². The summed E-state index contributed by atoms with van der Waals surface area (Å²) in [5.41, 5.74) is 7.00. The maximum absolute atomic E-state index is 12.4. The van der Waals surface area contributed by atoms with Crippen LogP contribution in [0.4, 0.5) is 13.2 Å². The van der Waals surface area contributed by atoms with Gasteiger partial charge in [-0.1, -0.05) is 12.1 Å². The third kappa shape index (κ3) is 3.17. The molecule has 0 saturated carbocycles. The van der Waals surface area contributed by atoms with Gasteiger partial charge in [0.1, 0.15) is 5.76 Å². The van der Waals surface area contributed by atoms with E-state index in [9.17, 15) is 13.2 Å². The molecule has 5 heteroatoms. The smallest absolute Gasteiger partial charge is 0.416 e. The quantitative estimate of drug-likeness (QED) is 0.919. The Morgan fingerprint density at radius 1 is 1.16 bits per heavy atom. The maximum atomic E-state index is 12.4. The Hall–Kier alpha value is -1.75. The van der Waals surface area contributed by atoms with Crippen LogP contribution in [0.25, 0.3) is 0 Å². The molecule has 0 bridgehead atoms. The lowest BCUT2D eigenvalue weighted by Crippen LogP contribution is -2.13. The van der Waals surface area contributed by atoms with Gasteiger partial charge in [-0.3, -0.25) is 0 Å². The summed E-state index contributed by atoms with van der Waals surface area (Å²) in [5.74, 6) is 0.736. The van der Waals surface area contributed by atoms with E-state index in [0.717, 1.165) is 29.0 Å². The molecule has 0 aliphatic carbocycles. The number of hydrogen-bond acceptors (Lipinski definition) is 2. The number of aryl methyl sites for hydroxylation is 1. The molecule has 0 fully saturated rings. The van der Waals surface area contributed by atoms with Crippen LogP contribution in [0.15, 0.2) is 41.0 Å². The van der Waals surface area contributed by atoms with E-state index in [1.807, 2.05) is 6.92 Å². The van der Waals surface area contributed by atoms with Crippen molar-refractivity contribution >= 4 is 0 Å². The molecule has 2 nitrogen and oxygen atoms in total. The minimum absolute atomic E-state index is 0.282. The van der Waals surface area contributed by atoms with E-state index in [1.165, 1.54) is 12.1 Å². The largest absolute Gasteiger partial charge is 0.469 e. The van der Waals surface area contributed by atoms with Crippen molar-refractivity contribution in [3.05, 3.63) is 59.0 Å². The highest BCUT2D eigenvalue weighted by Gasteiger charge is 2.29. The lowest BCUT2D eigenvalue weighted by atomic mass is 9.99. The fourth-order valence-electron chi connectivity index (χ4n) is 1.97. The highest BCUT2D eigenvalue weighted by Crippen LogP contribution is 2.29. The number of furan rings is 1. The average Bonchev–Trinajstić information content (AvgIpc) is 2.75. The predicted octanol–water partition coefficient (Wildman–Crippen LogP) is 3.85. The monoisotopic (exact) mass is 269 g/mol. The molecule has 1 unspecified atom stereocenters. The van der Waals surface area contributed by atoms with Gasteiger partial charge in [0.05, 0.1) is 11.8 Å². The van der Waals surface area contributed by atoms with Crippen molar-refractivity contribution in [1.29, 1.82) is 0 Å². The van der Waals surface area contributed by atoms with E-state index in [-0.39, 0.29) is 6.04 Å². The molecular formula is C14H14F3NO. The van der Waals surface area contributed by atoms with Crippen molar-refractivity contribution in [3.8, 4) is 0 Å². The molecule has 0 aliphatic heterocycles. The zero-order chi connectivity index (χ0) is 14.0. The predicted molar refractivity (Wildman–Crippen MR) is 65.5 cm³/mol. The third-order valence-corrected chi connectivity index (χ3v) is 3.04. The van der Waals surface area contributed by atoms with E-state index in [4.69, 9.17) is 10.2 Å². The molecule has 1 aromatic carbocycles. The summed E-state index contributed by atoms with van der Waals surface area (Å²) in [7, 11) is 0. The van der Waals surface area contributed by atoms with E-state index in [2.05, 4.69) is 0 Å². The number of rotatable bonds is 3. The van der Waals surface area contributed by atoms with Gasteiger partial charge in [0.15, 0.2) is 0 Å². The molecule has 2 rings (SSSR count). The van der Waals surface area contributed by atoms with Gasteiger partial charge in [-0.2, -0.15) is 13.2 Å². The number of halogens is 3.